The van der Waals surface area contributed by atoms with Crippen LogP contribution in [0.1, 0.15) is 43.6 Å². The highest BCUT2D eigenvalue weighted by atomic mass is 16.5. The molecule has 0 aliphatic carbocycles. The van der Waals surface area contributed by atoms with E-state index in [0.717, 1.165) is 5.69 Å². The lowest BCUT2D eigenvalue weighted by molar-refractivity contribution is 0.383. The molecule has 1 aromatic heterocycles. The molecule has 0 bridgehead atoms. The maximum Gasteiger partial charge on any atom is 0.237 e. The number of nitrogens with one attached hydrogen (secondary N) is 1. The zero-order valence-electron chi connectivity index (χ0n) is 13.3. The quantitative estimate of drug-likeness (QED) is 0.937. The summed E-state index contributed by atoms with van der Waals surface area (Å²) in [4.78, 5) is 8.73. The van der Waals surface area contributed by atoms with Crippen molar-refractivity contribution < 1.29 is 4.74 Å². The first-order valence-electron chi connectivity index (χ1n) is 7.10. The molecule has 2 aromatic rings. The molecule has 1 aromatic carbocycles. The van der Waals surface area contributed by atoms with E-state index < -0.39 is 0 Å². The summed E-state index contributed by atoms with van der Waals surface area (Å²) < 4.78 is 5.36. The average Bonchev–Trinajstić information content (AvgIpc) is 2.48. The molecule has 1 unspecified atom stereocenters. The van der Waals surface area contributed by atoms with E-state index in [-0.39, 0.29) is 11.5 Å². The lowest BCUT2D eigenvalue weighted by Gasteiger charge is -2.27. The molecule has 2 rings (SSSR count). The number of hydrogen-bond donors (Lipinski definition) is 1. The molecule has 4 nitrogen and oxygen atoms in total. The normalized spacial score (nSPS) is 13.0. The molecule has 0 saturated heterocycles. The molecule has 0 spiro atoms. The number of ether oxygens (including phenoxy) is 1. The Balaban J connectivity index is 2.58. The largest absolute Gasteiger partial charge is 0.480 e. The molecule has 0 radical (unpaired) electrons. The van der Waals surface area contributed by atoms with Gasteiger partial charge in [0.25, 0.3) is 0 Å². The highest BCUT2D eigenvalue weighted by molar-refractivity contribution is 5.41. The molecule has 1 N–H and O–H groups in total. The minimum absolute atomic E-state index is 0.0518. The van der Waals surface area contributed by atoms with Crippen molar-refractivity contribution in [3.8, 4) is 5.88 Å². The highest BCUT2D eigenvalue weighted by Gasteiger charge is 2.25. The van der Waals surface area contributed by atoms with Gasteiger partial charge in [-0.1, -0.05) is 45.0 Å². The van der Waals surface area contributed by atoms with Gasteiger partial charge in [-0.3, -0.25) is 4.98 Å². The van der Waals surface area contributed by atoms with Crippen molar-refractivity contribution in [2.45, 2.75) is 32.2 Å². The molecule has 4 heteroatoms. The van der Waals surface area contributed by atoms with Gasteiger partial charge in [-0.2, -0.15) is 0 Å². The summed E-state index contributed by atoms with van der Waals surface area (Å²) >= 11 is 0. The van der Waals surface area contributed by atoms with Crippen LogP contribution in [-0.2, 0) is 5.41 Å². The van der Waals surface area contributed by atoms with Crippen LogP contribution < -0.4 is 10.1 Å². The van der Waals surface area contributed by atoms with Crippen molar-refractivity contribution in [2.24, 2.45) is 0 Å². The third-order valence-corrected chi connectivity index (χ3v) is 3.53. The van der Waals surface area contributed by atoms with Gasteiger partial charge in [-0.25, -0.2) is 4.98 Å². The van der Waals surface area contributed by atoms with E-state index in [1.807, 2.05) is 7.05 Å². The summed E-state index contributed by atoms with van der Waals surface area (Å²) in [5.41, 5.74) is 3.35. The predicted molar refractivity (Wildman–Crippen MR) is 84.6 cm³/mol. The first kappa shape index (κ1) is 15.4. The fourth-order valence-corrected chi connectivity index (χ4v) is 2.56. The lowest BCUT2D eigenvalue weighted by Crippen LogP contribution is -2.24. The number of nitrogens with zero attached hydrogens (tertiary/aromatic N) is 2. The molecule has 0 aliphatic heterocycles. The zero-order chi connectivity index (χ0) is 15.5. The molecule has 0 amide bonds. The van der Waals surface area contributed by atoms with Gasteiger partial charge in [0.05, 0.1) is 13.2 Å². The minimum Gasteiger partial charge on any atom is -0.480 e. The van der Waals surface area contributed by atoms with Crippen LogP contribution in [0.4, 0.5) is 0 Å². The standard InChI is InChI=1S/C17H23N3O/c1-17(2,3)13-9-7-6-8-12(13)14(18-4)15-16(21-5)20-11-10-19-15/h6-11,14,18H,1-5H3. The van der Waals surface area contributed by atoms with Crippen molar-refractivity contribution >= 4 is 0 Å². The summed E-state index contributed by atoms with van der Waals surface area (Å²) in [5, 5.41) is 3.34. The molecule has 1 heterocycles. The summed E-state index contributed by atoms with van der Waals surface area (Å²) in [6, 6.07) is 8.38. The Kier molecular flexibility index (Phi) is 4.58. The van der Waals surface area contributed by atoms with Gasteiger partial charge in [0.2, 0.25) is 5.88 Å². The highest BCUT2D eigenvalue weighted by Crippen LogP contribution is 2.33. The van der Waals surface area contributed by atoms with E-state index in [4.69, 9.17) is 4.74 Å². The van der Waals surface area contributed by atoms with Crippen LogP contribution in [0.2, 0.25) is 0 Å². The average molecular weight is 285 g/mol. The van der Waals surface area contributed by atoms with E-state index in [2.05, 4.69) is 60.3 Å². The fraction of sp³-hybridized carbons (Fsp3) is 0.412. The van der Waals surface area contributed by atoms with Crippen LogP contribution in [-0.4, -0.2) is 24.1 Å². The van der Waals surface area contributed by atoms with Crippen LogP contribution in [0.3, 0.4) is 0 Å². The van der Waals surface area contributed by atoms with Crippen LogP contribution in [0.5, 0.6) is 5.88 Å². The first-order valence-corrected chi connectivity index (χ1v) is 7.10. The third-order valence-electron chi connectivity index (χ3n) is 3.53. The summed E-state index contributed by atoms with van der Waals surface area (Å²) in [7, 11) is 3.55. The molecule has 112 valence electrons. The number of methoxy groups -OCH3 is 1. The first-order chi connectivity index (χ1) is 9.99. The monoisotopic (exact) mass is 285 g/mol. The SMILES string of the molecule is CNC(c1ccccc1C(C)(C)C)c1nccnc1OC. The molecular formula is C17H23N3O. The Labute approximate surface area is 126 Å². The Morgan fingerprint density at radius 2 is 1.76 bits per heavy atom. The number of benzene rings is 1. The Hall–Kier alpha value is -1.94. The third kappa shape index (κ3) is 3.22. The molecule has 0 saturated carbocycles. The second-order valence-corrected chi connectivity index (χ2v) is 6.01. The van der Waals surface area contributed by atoms with Crippen molar-refractivity contribution in [3.63, 3.8) is 0 Å². The van der Waals surface area contributed by atoms with E-state index in [1.165, 1.54) is 11.1 Å². The second kappa shape index (κ2) is 6.22. The Morgan fingerprint density at radius 1 is 1.10 bits per heavy atom. The molecule has 0 aliphatic rings. The van der Waals surface area contributed by atoms with Crippen molar-refractivity contribution in [3.05, 3.63) is 53.5 Å². The topological polar surface area (TPSA) is 47.0 Å². The van der Waals surface area contributed by atoms with E-state index in [1.54, 1.807) is 19.5 Å². The van der Waals surface area contributed by atoms with E-state index in [9.17, 15) is 0 Å². The van der Waals surface area contributed by atoms with Gasteiger partial charge in [0.1, 0.15) is 5.69 Å². The van der Waals surface area contributed by atoms with Crippen LogP contribution in [0, 0.1) is 0 Å². The van der Waals surface area contributed by atoms with Crippen molar-refractivity contribution in [1.82, 2.24) is 15.3 Å². The maximum atomic E-state index is 5.36. The number of hydrogen-bond acceptors (Lipinski definition) is 4. The Bertz CT molecular complexity index is 605. The van der Waals surface area contributed by atoms with Gasteiger partial charge < -0.3 is 10.1 Å². The summed E-state index contributed by atoms with van der Waals surface area (Å²) in [5.74, 6) is 0.556. The summed E-state index contributed by atoms with van der Waals surface area (Å²) in [6.45, 7) is 6.64. The summed E-state index contributed by atoms with van der Waals surface area (Å²) in [6.07, 6.45) is 3.34. The molecule has 0 fully saturated rings. The predicted octanol–water partition coefficient (Wildman–Crippen LogP) is 3.09. The van der Waals surface area contributed by atoms with Gasteiger partial charge >= 0.3 is 0 Å². The lowest BCUT2D eigenvalue weighted by atomic mass is 9.81. The minimum atomic E-state index is -0.0518. The molecule has 21 heavy (non-hydrogen) atoms. The maximum absolute atomic E-state index is 5.36. The smallest absolute Gasteiger partial charge is 0.237 e. The van der Waals surface area contributed by atoms with Crippen LogP contribution in [0.25, 0.3) is 0 Å². The van der Waals surface area contributed by atoms with E-state index in [0.29, 0.717) is 5.88 Å². The van der Waals surface area contributed by atoms with Gasteiger partial charge in [-0.15, -0.1) is 0 Å². The number of aromatic nitrogens is 2. The van der Waals surface area contributed by atoms with Crippen LogP contribution in [0.15, 0.2) is 36.7 Å². The molecule has 1 atom stereocenters. The molecular weight excluding hydrogens is 262 g/mol. The fourth-order valence-electron chi connectivity index (χ4n) is 2.56. The van der Waals surface area contributed by atoms with Gasteiger partial charge in [0.15, 0.2) is 0 Å². The zero-order valence-corrected chi connectivity index (χ0v) is 13.3. The Morgan fingerprint density at radius 3 is 2.38 bits per heavy atom. The van der Waals surface area contributed by atoms with Crippen molar-refractivity contribution in [2.75, 3.05) is 14.2 Å². The second-order valence-electron chi connectivity index (χ2n) is 6.01. The van der Waals surface area contributed by atoms with Gasteiger partial charge in [0, 0.05) is 12.4 Å². The van der Waals surface area contributed by atoms with Crippen molar-refractivity contribution in [1.29, 1.82) is 0 Å². The van der Waals surface area contributed by atoms with Crippen LogP contribution >= 0.6 is 0 Å². The van der Waals surface area contributed by atoms with Gasteiger partial charge in [-0.05, 0) is 23.6 Å². The van der Waals surface area contributed by atoms with E-state index >= 15 is 0 Å². The number of rotatable bonds is 4.